The minimum atomic E-state index is 0. The first-order chi connectivity index (χ1) is 13.8. The van der Waals surface area contributed by atoms with Gasteiger partial charge in [0.05, 0.1) is 0 Å². The first-order valence-electron chi connectivity index (χ1n) is 9.68. The maximum absolute atomic E-state index is 6.02. The molecular weight excluding hydrogens is 433 g/mol. The summed E-state index contributed by atoms with van der Waals surface area (Å²) in [6, 6.07) is 17.8. The molecule has 0 saturated heterocycles. The smallest absolute Gasteiger partial charge is 0.167 e. The van der Waals surface area contributed by atoms with E-state index >= 15 is 0 Å². The van der Waals surface area contributed by atoms with E-state index in [0.29, 0.717) is 17.4 Å². The predicted octanol–water partition coefficient (Wildman–Crippen LogP) is 5.08. The van der Waals surface area contributed by atoms with Crippen LogP contribution in [0.1, 0.15) is 38.8 Å². The van der Waals surface area contributed by atoms with Crippen LogP contribution in [0.4, 0.5) is 0 Å². The topological polar surface area (TPSA) is 103 Å². The zero-order chi connectivity index (χ0) is 21.0. The van der Waals surface area contributed by atoms with Gasteiger partial charge in [-0.25, -0.2) is 0 Å². The largest absolute Gasteiger partial charge is 0.383 e. The molecular formula is C23H29Cl2N5O. The molecule has 0 aliphatic heterocycles. The number of nitrogens with zero attached hydrogens (tertiary/aromatic N) is 3. The fraction of sp³-hybridized carbons (Fsp3) is 0.261. The third kappa shape index (κ3) is 6.84. The van der Waals surface area contributed by atoms with Crippen molar-refractivity contribution in [3.8, 4) is 22.6 Å². The molecule has 1 aromatic heterocycles. The molecule has 4 N–H and O–H groups in total. The van der Waals surface area contributed by atoms with Gasteiger partial charge in [-0.2, -0.15) is 0 Å². The van der Waals surface area contributed by atoms with E-state index in [0.717, 1.165) is 27.9 Å². The van der Waals surface area contributed by atoms with Crippen LogP contribution in [0.3, 0.4) is 0 Å². The third-order valence-electron chi connectivity index (χ3n) is 4.25. The van der Waals surface area contributed by atoms with Crippen molar-refractivity contribution in [1.29, 1.82) is 0 Å². The Morgan fingerprint density at radius 2 is 1.16 bits per heavy atom. The molecule has 8 heteroatoms. The summed E-state index contributed by atoms with van der Waals surface area (Å²) < 4.78 is 5.54. The second kappa shape index (κ2) is 11.5. The van der Waals surface area contributed by atoms with Gasteiger partial charge in [-0.1, -0.05) is 53.7 Å². The lowest BCUT2D eigenvalue weighted by Crippen LogP contribution is -2.15. The fourth-order valence-electron chi connectivity index (χ4n) is 2.87. The highest BCUT2D eigenvalue weighted by molar-refractivity contribution is 5.98. The van der Waals surface area contributed by atoms with Gasteiger partial charge in [-0.15, -0.1) is 24.8 Å². The van der Waals surface area contributed by atoms with Gasteiger partial charge in [0.25, 0.3) is 0 Å². The first kappa shape index (κ1) is 26.2. The Bertz CT molecular complexity index is 941. The van der Waals surface area contributed by atoms with Gasteiger partial charge in [0.15, 0.2) is 5.76 Å². The average Bonchev–Trinajstić information content (AvgIpc) is 3.17. The summed E-state index contributed by atoms with van der Waals surface area (Å²) in [5.41, 5.74) is 16.5. The molecule has 0 fully saturated rings. The standard InChI is InChI=1S/C23H27N5O.2ClH/c1-14(2)26-22(24)18-9-5-16(6-10-18)20-13-21(29-28-20)17-7-11-19(12-8-17)23(25)27-15(3)4;;/h5-15H,1-4H3,(H2,24,26)(H2,25,27);2*1H. The summed E-state index contributed by atoms with van der Waals surface area (Å²) in [6.45, 7) is 7.98. The summed E-state index contributed by atoms with van der Waals surface area (Å²) in [6.07, 6.45) is 0. The van der Waals surface area contributed by atoms with E-state index in [9.17, 15) is 0 Å². The van der Waals surface area contributed by atoms with Crippen LogP contribution in [0.5, 0.6) is 0 Å². The Morgan fingerprint density at radius 3 is 1.58 bits per heavy atom. The van der Waals surface area contributed by atoms with Crippen LogP contribution in [-0.4, -0.2) is 28.9 Å². The zero-order valence-electron chi connectivity index (χ0n) is 18.1. The van der Waals surface area contributed by atoms with Gasteiger partial charge in [-0.3, -0.25) is 9.98 Å². The Balaban J connectivity index is 0.00000240. The van der Waals surface area contributed by atoms with Crippen LogP contribution >= 0.6 is 24.8 Å². The molecule has 1 heterocycles. The van der Waals surface area contributed by atoms with Gasteiger partial charge in [0.2, 0.25) is 0 Å². The molecule has 166 valence electrons. The number of aromatic nitrogens is 1. The van der Waals surface area contributed by atoms with Crippen molar-refractivity contribution in [2.45, 2.75) is 39.8 Å². The highest BCUT2D eigenvalue weighted by Gasteiger charge is 2.10. The summed E-state index contributed by atoms with van der Waals surface area (Å²) in [4.78, 5) is 8.74. The highest BCUT2D eigenvalue weighted by atomic mass is 35.5. The van der Waals surface area contributed by atoms with E-state index in [4.69, 9.17) is 16.0 Å². The first-order valence-corrected chi connectivity index (χ1v) is 9.68. The van der Waals surface area contributed by atoms with Crippen molar-refractivity contribution in [2.75, 3.05) is 0 Å². The monoisotopic (exact) mass is 461 g/mol. The van der Waals surface area contributed by atoms with Gasteiger partial charge < -0.3 is 16.0 Å². The number of aliphatic imine (C=N–C) groups is 2. The molecule has 3 aromatic rings. The van der Waals surface area contributed by atoms with Crippen LogP contribution in [0.15, 0.2) is 69.1 Å². The van der Waals surface area contributed by atoms with Gasteiger partial charge >= 0.3 is 0 Å². The minimum absolute atomic E-state index is 0. The molecule has 0 aliphatic rings. The molecule has 0 bridgehead atoms. The molecule has 0 atom stereocenters. The SMILES string of the molecule is CC(C)N=C(N)c1ccc(-c2cc(-c3ccc(C(N)=NC(C)C)cc3)on2)cc1.Cl.Cl. The van der Waals surface area contributed by atoms with Crippen LogP contribution in [0.25, 0.3) is 22.6 Å². The van der Waals surface area contributed by atoms with Crippen molar-refractivity contribution >= 4 is 36.5 Å². The molecule has 0 radical (unpaired) electrons. The lowest BCUT2D eigenvalue weighted by molar-refractivity contribution is 0.435. The Hall–Kier alpha value is -2.83. The Labute approximate surface area is 195 Å². The molecule has 31 heavy (non-hydrogen) atoms. The number of benzene rings is 2. The second-order valence-corrected chi connectivity index (χ2v) is 7.45. The van der Waals surface area contributed by atoms with Crippen molar-refractivity contribution < 1.29 is 4.52 Å². The minimum Gasteiger partial charge on any atom is -0.383 e. The van der Waals surface area contributed by atoms with Gasteiger partial charge in [0, 0.05) is 40.4 Å². The third-order valence-corrected chi connectivity index (χ3v) is 4.25. The predicted molar refractivity (Wildman–Crippen MR) is 134 cm³/mol. The maximum atomic E-state index is 6.02. The van der Waals surface area contributed by atoms with E-state index in [1.807, 2.05) is 82.3 Å². The summed E-state index contributed by atoms with van der Waals surface area (Å²) >= 11 is 0. The molecule has 0 amide bonds. The van der Waals surface area contributed by atoms with Crippen LogP contribution in [0, 0.1) is 0 Å². The summed E-state index contributed by atoms with van der Waals surface area (Å²) in [5, 5.41) is 4.20. The molecule has 0 aliphatic carbocycles. The molecule has 3 rings (SSSR count). The normalized spacial score (nSPS) is 11.9. The van der Waals surface area contributed by atoms with E-state index in [1.54, 1.807) is 0 Å². The summed E-state index contributed by atoms with van der Waals surface area (Å²) in [5.74, 6) is 1.76. The second-order valence-electron chi connectivity index (χ2n) is 7.45. The lowest BCUT2D eigenvalue weighted by Gasteiger charge is -2.04. The van der Waals surface area contributed by atoms with Crippen molar-refractivity contribution in [3.05, 3.63) is 65.7 Å². The number of nitrogens with two attached hydrogens (primary N) is 2. The number of halogens is 2. The number of amidine groups is 2. The lowest BCUT2D eigenvalue weighted by atomic mass is 10.1. The van der Waals surface area contributed by atoms with Gasteiger partial charge in [-0.05, 0) is 27.7 Å². The molecule has 0 unspecified atom stereocenters. The highest BCUT2D eigenvalue weighted by Crippen LogP contribution is 2.26. The Morgan fingerprint density at radius 1 is 0.742 bits per heavy atom. The Kier molecular flexibility index (Phi) is 9.75. The van der Waals surface area contributed by atoms with E-state index in [2.05, 4.69) is 15.1 Å². The van der Waals surface area contributed by atoms with E-state index in [1.165, 1.54) is 0 Å². The van der Waals surface area contributed by atoms with Crippen molar-refractivity contribution in [1.82, 2.24) is 5.16 Å². The average molecular weight is 462 g/mol. The van der Waals surface area contributed by atoms with Crippen molar-refractivity contribution in [3.63, 3.8) is 0 Å². The molecule has 6 nitrogen and oxygen atoms in total. The number of hydrogen-bond donors (Lipinski definition) is 2. The molecule has 2 aromatic carbocycles. The van der Waals surface area contributed by atoms with Crippen LogP contribution in [-0.2, 0) is 0 Å². The summed E-state index contributed by atoms with van der Waals surface area (Å²) in [7, 11) is 0. The number of hydrogen-bond acceptors (Lipinski definition) is 4. The number of rotatable bonds is 6. The molecule has 0 spiro atoms. The zero-order valence-corrected chi connectivity index (χ0v) is 19.7. The quantitative estimate of drug-likeness (QED) is 0.394. The van der Waals surface area contributed by atoms with E-state index < -0.39 is 0 Å². The maximum Gasteiger partial charge on any atom is 0.167 e. The van der Waals surface area contributed by atoms with Gasteiger partial charge in [0.1, 0.15) is 17.4 Å². The fourth-order valence-corrected chi connectivity index (χ4v) is 2.87. The van der Waals surface area contributed by atoms with Crippen molar-refractivity contribution in [2.24, 2.45) is 21.5 Å². The van der Waals surface area contributed by atoms with E-state index in [-0.39, 0.29) is 36.9 Å². The van der Waals surface area contributed by atoms with Crippen LogP contribution in [0.2, 0.25) is 0 Å². The van der Waals surface area contributed by atoms with Crippen LogP contribution < -0.4 is 11.5 Å². The molecule has 0 saturated carbocycles.